The first-order valence-corrected chi connectivity index (χ1v) is 6.48. The molecule has 2 nitrogen and oxygen atoms in total. The molecule has 0 spiro atoms. The summed E-state index contributed by atoms with van der Waals surface area (Å²) in [6, 6.07) is 14.6. The Morgan fingerprint density at radius 3 is 2.76 bits per heavy atom. The third kappa shape index (κ3) is 1.94. The van der Waals surface area contributed by atoms with E-state index in [4.69, 9.17) is 5.73 Å². The number of thioether (sulfide) groups is 1. The quantitative estimate of drug-likeness (QED) is 0.831. The number of amidine groups is 1. The fraction of sp³-hybridized carbons (Fsp3) is 0.0714. The van der Waals surface area contributed by atoms with Crippen LogP contribution < -0.4 is 5.73 Å². The van der Waals surface area contributed by atoms with Crippen LogP contribution in [0, 0.1) is 0 Å². The highest BCUT2D eigenvalue weighted by Gasteiger charge is 2.09. The number of benzene rings is 2. The van der Waals surface area contributed by atoms with Crippen molar-refractivity contribution < 1.29 is 0 Å². The maximum absolute atomic E-state index is 5.78. The van der Waals surface area contributed by atoms with Crippen LogP contribution in [-0.4, -0.2) is 10.9 Å². The Bertz CT molecular complexity index is 624. The number of aliphatic imine (C=N–C) groups is 1. The van der Waals surface area contributed by atoms with Crippen LogP contribution in [0.5, 0.6) is 0 Å². The van der Waals surface area contributed by atoms with Gasteiger partial charge in [0, 0.05) is 11.3 Å². The molecule has 0 unspecified atom stereocenters. The minimum atomic E-state index is 0.649. The molecule has 0 fully saturated rings. The normalized spacial score (nSPS) is 15.5. The van der Waals surface area contributed by atoms with E-state index in [0.29, 0.717) is 5.17 Å². The van der Waals surface area contributed by atoms with Crippen LogP contribution in [0.25, 0.3) is 16.5 Å². The summed E-state index contributed by atoms with van der Waals surface area (Å²) in [5, 5.41) is 3.11. The minimum Gasteiger partial charge on any atom is -0.378 e. The monoisotopic (exact) mass is 240 g/mol. The molecule has 2 aromatic carbocycles. The van der Waals surface area contributed by atoms with E-state index in [1.165, 1.54) is 10.8 Å². The first kappa shape index (κ1) is 10.4. The highest BCUT2D eigenvalue weighted by Crippen LogP contribution is 2.28. The topological polar surface area (TPSA) is 38.4 Å². The van der Waals surface area contributed by atoms with Gasteiger partial charge in [-0.15, -0.1) is 0 Å². The number of fused-ring (bicyclic) bond motifs is 1. The molecule has 0 saturated carbocycles. The van der Waals surface area contributed by atoms with Crippen LogP contribution >= 0.6 is 11.8 Å². The highest BCUT2D eigenvalue weighted by molar-refractivity contribution is 8.14. The number of nitrogens with two attached hydrogens (primary N) is 1. The predicted molar refractivity (Wildman–Crippen MR) is 76.0 cm³/mol. The van der Waals surface area contributed by atoms with E-state index in [2.05, 4.69) is 53.5 Å². The number of rotatable bonds is 1. The minimum absolute atomic E-state index is 0.649. The van der Waals surface area contributed by atoms with Crippen LogP contribution in [0.3, 0.4) is 0 Å². The van der Waals surface area contributed by atoms with E-state index >= 15 is 0 Å². The second-order valence-corrected chi connectivity index (χ2v) is 4.92. The molecule has 84 valence electrons. The van der Waals surface area contributed by atoms with Gasteiger partial charge in [-0.05, 0) is 16.8 Å². The van der Waals surface area contributed by atoms with Crippen molar-refractivity contribution in [1.29, 1.82) is 0 Å². The highest BCUT2D eigenvalue weighted by atomic mass is 32.2. The van der Waals surface area contributed by atoms with E-state index < -0.39 is 0 Å². The van der Waals surface area contributed by atoms with Gasteiger partial charge in [0.05, 0.1) is 5.70 Å². The Morgan fingerprint density at radius 2 is 1.88 bits per heavy atom. The van der Waals surface area contributed by atoms with Crippen molar-refractivity contribution in [1.82, 2.24) is 0 Å². The van der Waals surface area contributed by atoms with Crippen molar-refractivity contribution in [3.8, 4) is 0 Å². The first-order valence-electron chi connectivity index (χ1n) is 5.50. The lowest BCUT2D eigenvalue weighted by Gasteiger charge is -2.11. The zero-order valence-electron chi connectivity index (χ0n) is 9.26. The molecule has 0 aliphatic carbocycles. The van der Waals surface area contributed by atoms with Gasteiger partial charge in [-0.2, -0.15) is 0 Å². The molecule has 0 atom stereocenters. The zero-order valence-corrected chi connectivity index (χ0v) is 10.1. The molecule has 0 bridgehead atoms. The van der Waals surface area contributed by atoms with E-state index in [1.807, 2.05) is 0 Å². The van der Waals surface area contributed by atoms with Gasteiger partial charge in [-0.1, -0.05) is 54.2 Å². The second-order valence-electron chi connectivity index (χ2n) is 3.88. The van der Waals surface area contributed by atoms with Crippen molar-refractivity contribution in [3.05, 3.63) is 54.1 Å². The van der Waals surface area contributed by atoms with Crippen LogP contribution in [0.2, 0.25) is 0 Å². The Balaban J connectivity index is 2.21. The van der Waals surface area contributed by atoms with Gasteiger partial charge in [0.1, 0.15) is 0 Å². The molecular formula is C14H12N2S. The summed E-state index contributed by atoms with van der Waals surface area (Å²) in [4.78, 5) is 4.42. The van der Waals surface area contributed by atoms with E-state index in [0.717, 1.165) is 17.0 Å². The molecule has 3 rings (SSSR count). The Hall–Kier alpha value is -1.74. The molecule has 1 aliphatic rings. The molecule has 2 N–H and O–H groups in total. The maximum Gasteiger partial charge on any atom is 0.159 e. The Labute approximate surface area is 104 Å². The molecule has 2 aromatic rings. The van der Waals surface area contributed by atoms with Gasteiger partial charge in [0.2, 0.25) is 0 Å². The van der Waals surface area contributed by atoms with E-state index in [1.54, 1.807) is 11.8 Å². The van der Waals surface area contributed by atoms with Crippen molar-refractivity contribution >= 4 is 33.4 Å². The number of nitrogens with zero attached hydrogens (tertiary/aromatic N) is 1. The molecular weight excluding hydrogens is 228 g/mol. The SMILES string of the molecule is NC1=NC(c2cccc3ccccc23)=CCS1. The first-order chi connectivity index (χ1) is 8.34. The molecule has 0 saturated heterocycles. The summed E-state index contributed by atoms with van der Waals surface area (Å²) in [7, 11) is 0. The molecule has 0 radical (unpaired) electrons. The average Bonchev–Trinajstić information content (AvgIpc) is 2.38. The predicted octanol–water partition coefficient (Wildman–Crippen LogP) is 3.24. The summed E-state index contributed by atoms with van der Waals surface area (Å²) in [6.45, 7) is 0. The van der Waals surface area contributed by atoms with E-state index in [9.17, 15) is 0 Å². The summed E-state index contributed by atoms with van der Waals surface area (Å²) in [5.41, 5.74) is 7.92. The van der Waals surface area contributed by atoms with Crippen molar-refractivity contribution in [3.63, 3.8) is 0 Å². The van der Waals surface area contributed by atoms with Gasteiger partial charge >= 0.3 is 0 Å². The van der Waals surface area contributed by atoms with Gasteiger partial charge in [0.15, 0.2) is 5.17 Å². The molecule has 0 amide bonds. The zero-order chi connectivity index (χ0) is 11.7. The van der Waals surface area contributed by atoms with Crippen molar-refractivity contribution in [2.45, 2.75) is 0 Å². The molecule has 1 aliphatic heterocycles. The lowest BCUT2D eigenvalue weighted by atomic mass is 10.0. The van der Waals surface area contributed by atoms with Crippen LogP contribution in [0.4, 0.5) is 0 Å². The number of hydrogen-bond donors (Lipinski definition) is 1. The van der Waals surface area contributed by atoms with Crippen LogP contribution in [-0.2, 0) is 0 Å². The number of hydrogen-bond acceptors (Lipinski definition) is 3. The second kappa shape index (κ2) is 4.26. The van der Waals surface area contributed by atoms with Crippen molar-refractivity contribution in [2.24, 2.45) is 10.7 Å². The van der Waals surface area contributed by atoms with E-state index in [-0.39, 0.29) is 0 Å². The van der Waals surface area contributed by atoms with Gasteiger partial charge in [0.25, 0.3) is 0 Å². The standard InChI is InChI=1S/C14H12N2S/c15-14-16-13(8-9-17-14)12-7-3-5-10-4-1-2-6-11(10)12/h1-8H,9H2,(H2,15,16). The summed E-state index contributed by atoms with van der Waals surface area (Å²) in [5.74, 6) is 0.897. The molecule has 17 heavy (non-hydrogen) atoms. The van der Waals surface area contributed by atoms with Crippen molar-refractivity contribution in [2.75, 3.05) is 5.75 Å². The average molecular weight is 240 g/mol. The summed E-state index contributed by atoms with van der Waals surface area (Å²) >= 11 is 1.57. The molecule has 1 heterocycles. The van der Waals surface area contributed by atoms with Gasteiger partial charge in [-0.3, -0.25) is 0 Å². The third-order valence-corrected chi connectivity index (χ3v) is 3.52. The lowest BCUT2D eigenvalue weighted by Crippen LogP contribution is -2.10. The lowest BCUT2D eigenvalue weighted by molar-refractivity contribution is 1.48. The van der Waals surface area contributed by atoms with Crippen LogP contribution in [0.15, 0.2) is 53.5 Å². The largest absolute Gasteiger partial charge is 0.378 e. The maximum atomic E-state index is 5.78. The molecule has 0 aromatic heterocycles. The summed E-state index contributed by atoms with van der Waals surface area (Å²) < 4.78 is 0. The van der Waals surface area contributed by atoms with Crippen LogP contribution in [0.1, 0.15) is 5.56 Å². The third-order valence-electron chi connectivity index (χ3n) is 2.80. The van der Waals surface area contributed by atoms with Gasteiger partial charge in [-0.25, -0.2) is 4.99 Å². The molecule has 3 heteroatoms. The smallest absolute Gasteiger partial charge is 0.159 e. The fourth-order valence-corrected chi connectivity index (χ4v) is 2.60. The summed E-state index contributed by atoms with van der Waals surface area (Å²) in [6.07, 6.45) is 2.13. The Kier molecular flexibility index (Phi) is 2.61. The fourth-order valence-electron chi connectivity index (χ4n) is 2.02. The Morgan fingerprint density at radius 1 is 1.06 bits per heavy atom. The van der Waals surface area contributed by atoms with Gasteiger partial charge < -0.3 is 5.73 Å².